The predicted molar refractivity (Wildman–Crippen MR) is 109 cm³/mol. The Bertz CT molecular complexity index is 514. The first kappa shape index (κ1) is 20.5. The molecule has 0 radical (unpaired) electrons. The van der Waals surface area contributed by atoms with E-state index in [9.17, 15) is 0 Å². The van der Waals surface area contributed by atoms with Crippen LogP contribution in [-0.4, -0.2) is 81.8 Å². The number of likely N-dealkylation sites (N-methyl/N-ethyl adjacent to an activating group) is 1. The molecule has 1 fully saturated rings. The van der Waals surface area contributed by atoms with Gasteiger partial charge in [-0.1, -0.05) is 25.1 Å². The van der Waals surface area contributed by atoms with Crippen LogP contribution in [0.15, 0.2) is 35.3 Å². The van der Waals surface area contributed by atoms with E-state index in [1.165, 1.54) is 26.2 Å². The zero-order valence-electron chi connectivity index (χ0n) is 16.6. The summed E-state index contributed by atoms with van der Waals surface area (Å²) < 4.78 is 5.71. The van der Waals surface area contributed by atoms with Crippen molar-refractivity contribution in [2.75, 3.05) is 66.0 Å². The van der Waals surface area contributed by atoms with Crippen LogP contribution in [0.4, 0.5) is 0 Å². The maximum atomic E-state index is 5.71. The first-order chi connectivity index (χ1) is 12.7. The van der Waals surface area contributed by atoms with Crippen molar-refractivity contribution in [2.45, 2.75) is 13.8 Å². The molecule has 0 amide bonds. The fourth-order valence-corrected chi connectivity index (χ4v) is 2.97. The van der Waals surface area contributed by atoms with Crippen molar-refractivity contribution in [3.05, 3.63) is 30.3 Å². The summed E-state index contributed by atoms with van der Waals surface area (Å²) in [6.45, 7) is 13.2. The van der Waals surface area contributed by atoms with E-state index in [2.05, 4.69) is 41.3 Å². The number of guanidine groups is 1. The van der Waals surface area contributed by atoms with Crippen molar-refractivity contribution in [1.82, 2.24) is 20.4 Å². The van der Waals surface area contributed by atoms with Crippen LogP contribution in [0.2, 0.25) is 0 Å². The molecule has 1 unspecified atom stereocenters. The molecule has 2 N–H and O–H groups in total. The lowest BCUT2D eigenvalue weighted by Crippen LogP contribution is -2.46. The number of para-hydroxylation sites is 1. The summed E-state index contributed by atoms with van der Waals surface area (Å²) in [7, 11) is 2.20. The van der Waals surface area contributed by atoms with Crippen molar-refractivity contribution in [3.63, 3.8) is 0 Å². The number of benzene rings is 1. The standard InChI is InChI=1S/C20H35N5O/c1-4-21-20(22-10-15-26-19-8-6-5-7-9-19)23-16-18(2)17-25-13-11-24(3)12-14-25/h5-9,18H,4,10-17H2,1-3H3,(H2,21,22,23). The van der Waals surface area contributed by atoms with Crippen LogP contribution in [0.25, 0.3) is 0 Å². The molecule has 1 saturated heterocycles. The van der Waals surface area contributed by atoms with Crippen LogP contribution in [-0.2, 0) is 0 Å². The van der Waals surface area contributed by atoms with Gasteiger partial charge in [-0.25, -0.2) is 0 Å². The van der Waals surface area contributed by atoms with Gasteiger partial charge in [-0.15, -0.1) is 0 Å². The summed E-state index contributed by atoms with van der Waals surface area (Å²) in [4.78, 5) is 9.68. The fraction of sp³-hybridized carbons (Fsp3) is 0.650. The second-order valence-corrected chi connectivity index (χ2v) is 7.02. The molecule has 1 aliphatic heterocycles. The highest BCUT2D eigenvalue weighted by Crippen LogP contribution is 2.07. The minimum absolute atomic E-state index is 0.550. The zero-order valence-corrected chi connectivity index (χ0v) is 16.6. The highest BCUT2D eigenvalue weighted by atomic mass is 16.5. The molecule has 146 valence electrons. The van der Waals surface area contributed by atoms with Crippen LogP contribution in [0.1, 0.15) is 13.8 Å². The van der Waals surface area contributed by atoms with Gasteiger partial charge in [0.1, 0.15) is 12.4 Å². The lowest BCUT2D eigenvalue weighted by atomic mass is 10.1. The van der Waals surface area contributed by atoms with Gasteiger partial charge in [0.15, 0.2) is 5.96 Å². The van der Waals surface area contributed by atoms with E-state index in [-0.39, 0.29) is 0 Å². The lowest BCUT2D eigenvalue weighted by molar-refractivity contribution is 0.140. The Labute approximate surface area is 158 Å². The number of ether oxygens (including phenoxy) is 1. The molecule has 1 atom stereocenters. The highest BCUT2D eigenvalue weighted by Gasteiger charge is 2.15. The van der Waals surface area contributed by atoms with E-state index in [0.29, 0.717) is 12.5 Å². The Morgan fingerprint density at radius 3 is 2.58 bits per heavy atom. The third-order valence-corrected chi connectivity index (χ3v) is 4.48. The summed E-state index contributed by atoms with van der Waals surface area (Å²) in [6.07, 6.45) is 0. The quantitative estimate of drug-likeness (QED) is 0.397. The van der Waals surface area contributed by atoms with Gasteiger partial charge in [0.05, 0.1) is 6.54 Å². The summed E-state index contributed by atoms with van der Waals surface area (Å²) in [5.41, 5.74) is 0. The molecule has 1 aliphatic rings. The monoisotopic (exact) mass is 361 g/mol. The van der Waals surface area contributed by atoms with Crippen molar-refractivity contribution < 1.29 is 4.74 Å². The second kappa shape index (κ2) is 11.8. The minimum Gasteiger partial charge on any atom is -0.492 e. The second-order valence-electron chi connectivity index (χ2n) is 7.02. The molecule has 0 aliphatic carbocycles. The van der Waals surface area contributed by atoms with Crippen LogP contribution >= 0.6 is 0 Å². The van der Waals surface area contributed by atoms with E-state index in [1.54, 1.807) is 0 Å². The Morgan fingerprint density at radius 2 is 1.88 bits per heavy atom. The molecule has 6 nitrogen and oxygen atoms in total. The number of nitrogens with zero attached hydrogens (tertiary/aromatic N) is 3. The van der Waals surface area contributed by atoms with E-state index in [4.69, 9.17) is 9.73 Å². The largest absolute Gasteiger partial charge is 0.492 e. The molecule has 0 spiro atoms. The molecular formula is C20H35N5O. The maximum absolute atomic E-state index is 5.71. The minimum atomic E-state index is 0.550. The number of aliphatic imine (C=N–C) groups is 1. The third-order valence-electron chi connectivity index (χ3n) is 4.48. The molecule has 26 heavy (non-hydrogen) atoms. The molecule has 0 aromatic heterocycles. The van der Waals surface area contributed by atoms with Crippen LogP contribution in [0.3, 0.4) is 0 Å². The Balaban J connectivity index is 1.67. The summed E-state index contributed by atoms with van der Waals surface area (Å²) in [5.74, 6) is 2.32. The third kappa shape index (κ3) is 8.06. The molecule has 6 heteroatoms. The van der Waals surface area contributed by atoms with E-state index < -0.39 is 0 Å². The van der Waals surface area contributed by atoms with Crippen LogP contribution in [0, 0.1) is 5.92 Å². The maximum Gasteiger partial charge on any atom is 0.191 e. The smallest absolute Gasteiger partial charge is 0.191 e. The van der Waals surface area contributed by atoms with Crippen LogP contribution < -0.4 is 15.4 Å². The van der Waals surface area contributed by atoms with Gasteiger partial charge in [-0.2, -0.15) is 0 Å². The topological polar surface area (TPSA) is 52.1 Å². The normalized spacial score (nSPS) is 17.7. The number of hydrogen-bond acceptors (Lipinski definition) is 4. The summed E-state index contributed by atoms with van der Waals surface area (Å²) in [6, 6.07) is 9.90. The number of piperazine rings is 1. The molecule has 1 heterocycles. The van der Waals surface area contributed by atoms with Crippen molar-refractivity contribution in [1.29, 1.82) is 0 Å². The molecule has 1 aromatic rings. The Hall–Kier alpha value is -1.79. The predicted octanol–water partition coefficient (Wildman–Crippen LogP) is 1.50. The summed E-state index contributed by atoms with van der Waals surface area (Å²) >= 11 is 0. The van der Waals surface area contributed by atoms with Gasteiger partial charge in [-0.05, 0) is 32.0 Å². The molecule has 0 saturated carbocycles. The lowest BCUT2D eigenvalue weighted by Gasteiger charge is -2.33. The number of hydrogen-bond donors (Lipinski definition) is 2. The van der Waals surface area contributed by atoms with Crippen molar-refractivity contribution in [2.24, 2.45) is 10.9 Å². The Kier molecular flexibility index (Phi) is 9.28. The van der Waals surface area contributed by atoms with Crippen molar-refractivity contribution >= 4 is 5.96 Å². The molecule has 0 bridgehead atoms. The average molecular weight is 362 g/mol. The van der Waals surface area contributed by atoms with E-state index in [1.807, 2.05) is 30.3 Å². The van der Waals surface area contributed by atoms with Gasteiger partial charge in [-0.3, -0.25) is 4.99 Å². The van der Waals surface area contributed by atoms with Gasteiger partial charge >= 0.3 is 0 Å². The fourth-order valence-electron chi connectivity index (χ4n) is 2.97. The van der Waals surface area contributed by atoms with Crippen LogP contribution in [0.5, 0.6) is 5.75 Å². The van der Waals surface area contributed by atoms with E-state index in [0.717, 1.165) is 37.9 Å². The average Bonchev–Trinajstić information content (AvgIpc) is 2.66. The number of rotatable bonds is 9. The molecule has 1 aromatic carbocycles. The summed E-state index contributed by atoms with van der Waals surface area (Å²) in [5, 5.41) is 6.66. The van der Waals surface area contributed by atoms with E-state index >= 15 is 0 Å². The molecular weight excluding hydrogens is 326 g/mol. The van der Waals surface area contributed by atoms with Crippen molar-refractivity contribution in [3.8, 4) is 5.75 Å². The first-order valence-electron chi connectivity index (χ1n) is 9.78. The highest BCUT2D eigenvalue weighted by molar-refractivity contribution is 5.79. The van der Waals surface area contributed by atoms with Gasteiger partial charge in [0, 0.05) is 45.8 Å². The first-order valence-corrected chi connectivity index (χ1v) is 9.78. The Morgan fingerprint density at radius 1 is 1.15 bits per heavy atom. The van der Waals surface area contributed by atoms with Gasteiger partial charge in [0.25, 0.3) is 0 Å². The zero-order chi connectivity index (χ0) is 18.6. The van der Waals surface area contributed by atoms with Gasteiger partial charge < -0.3 is 25.2 Å². The SMILES string of the molecule is CCNC(=NCC(C)CN1CCN(C)CC1)NCCOc1ccccc1. The number of nitrogens with one attached hydrogen (secondary N) is 2. The van der Waals surface area contributed by atoms with Gasteiger partial charge in [0.2, 0.25) is 0 Å². The molecule has 2 rings (SSSR count).